The zero-order valence-corrected chi connectivity index (χ0v) is 65.2. The summed E-state index contributed by atoms with van der Waals surface area (Å²) in [5.74, 6) is 0.276. The molecule has 5 aliphatic rings. The zero-order chi connectivity index (χ0) is 81.5. The zero-order valence-electron chi connectivity index (χ0n) is 63.0. The number of H-pyrrole nitrogens is 3. The van der Waals surface area contributed by atoms with Gasteiger partial charge in [-0.1, -0.05) is 84.9 Å². The molecule has 0 unspecified atom stereocenters. The van der Waals surface area contributed by atoms with Gasteiger partial charge in [0, 0.05) is 134 Å². The summed E-state index contributed by atoms with van der Waals surface area (Å²) >= 11 is 18.9. The van der Waals surface area contributed by atoms with Crippen molar-refractivity contribution in [3.8, 4) is 52.9 Å². The lowest BCUT2D eigenvalue weighted by Gasteiger charge is -2.35. The van der Waals surface area contributed by atoms with Gasteiger partial charge in [-0.3, -0.25) is 29.7 Å². The van der Waals surface area contributed by atoms with Crippen LogP contribution in [-0.2, 0) is 30.5 Å². The van der Waals surface area contributed by atoms with Crippen molar-refractivity contribution in [2.75, 3.05) is 126 Å². The van der Waals surface area contributed by atoms with E-state index in [2.05, 4.69) is 94.9 Å². The van der Waals surface area contributed by atoms with Gasteiger partial charge in [0.2, 0.25) is 35.4 Å². The monoisotopic (exact) mass is 1670 g/mol. The number of aromatic nitrogens is 15. The number of nitrogens with zero attached hydrogens (tertiary/aromatic N) is 18. The smallest absolute Gasteiger partial charge is 0.319 e. The molecule has 4 aromatic carbocycles. The molecule has 32 nitrogen and oxygen atoms in total. The van der Waals surface area contributed by atoms with E-state index >= 15 is 0 Å². The number of nitrogens with one attached hydrogen (secondary N) is 3. The standard InChI is InChI=1S/C28H23ClFN7O3.2C26H25ClFN7O4/c1-2-22(38)36-10-12-37(13-11-36)26-18-8-9-31-27(40-25-19-15-32-35-21(19)14-20(30)23(25)29)24(18)33-28(34-26)39-16-17-6-4-3-5-7-17;1-2-20(36)34-6-8-35(9-7-34)24-16-3-5-29-25(22(16)31-26(32-24)38-14-15-4-10-37-13-15)39-23-17-12-30-33-19(17)11-18(28)21(23)27;1-2-20(36)34-7-9-35(10-8-34)24-16-5-6-29-25(22(16)31-26(32-24)38-14-15-4-3-11-37-15)39-23-17-13-30-33-19(17)12-18(28)21(23)27/h2-9,14-15H,1,10-13,16H2,(H,32,35);2-3,5,11-12,15H,1,4,6-10,13-14H2,(H,30,33);2,5-6,12-13,15H,1,3-4,7-11,14H2,(H,30,33)/t;2*15-/m.11/s1. The molecular weight excluding hydrogens is 1590 g/mol. The number of piperazine rings is 3. The Morgan fingerprint density at radius 1 is 0.475 bits per heavy atom. The lowest BCUT2D eigenvalue weighted by Crippen LogP contribution is -2.48. The normalized spacial score (nSPS) is 16.3. The minimum Gasteiger partial charge on any atom is -0.463 e. The number of anilines is 3. The lowest BCUT2D eigenvalue weighted by atomic mass is 10.1. The number of pyridine rings is 3. The number of rotatable bonds is 21. The van der Waals surface area contributed by atoms with Gasteiger partial charge in [-0.05, 0) is 61.3 Å². The molecule has 2 atom stereocenters. The van der Waals surface area contributed by atoms with Gasteiger partial charge >= 0.3 is 18.0 Å². The van der Waals surface area contributed by atoms with Crippen LogP contribution in [0.3, 0.4) is 0 Å². The van der Waals surface area contributed by atoms with Gasteiger partial charge in [0.05, 0.1) is 86.8 Å². The lowest BCUT2D eigenvalue weighted by molar-refractivity contribution is -0.127. The highest BCUT2D eigenvalue weighted by atomic mass is 35.5. The van der Waals surface area contributed by atoms with E-state index in [0.29, 0.717) is 194 Å². The first-order valence-electron chi connectivity index (χ1n) is 37.6. The van der Waals surface area contributed by atoms with Crippen molar-refractivity contribution in [1.29, 1.82) is 0 Å². The van der Waals surface area contributed by atoms with Crippen LogP contribution < -0.4 is 43.1 Å². The molecule has 14 heterocycles. The predicted molar refractivity (Wildman–Crippen MR) is 432 cm³/mol. The molecule has 5 fully saturated rings. The first-order chi connectivity index (χ1) is 57.5. The Kier molecular flexibility index (Phi) is 23.7. The van der Waals surface area contributed by atoms with Gasteiger partial charge in [-0.2, -0.15) is 45.2 Å². The van der Waals surface area contributed by atoms with Crippen LogP contribution in [0.4, 0.5) is 30.6 Å². The molecule has 3 amide bonds. The first-order valence-corrected chi connectivity index (χ1v) is 38.8. The molecule has 0 saturated carbocycles. The van der Waals surface area contributed by atoms with Crippen molar-refractivity contribution in [3.05, 3.63) is 180 Å². The van der Waals surface area contributed by atoms with Crippen LogP contribution in [-0.4, -0.2) is 226 Å². The van der Waals surface area contributed by atoms with Crippen molar-refractivity contribution in [1.82, 2.24) is 90.1 Å². The molecule has 18 rings (SSSR count). The Balaban J connectivity index is 0.000000132. The predicted octanol–water partition coefficient (Wildman–Crippen LogP) is 12.5. The molecular formula is C80H73Cl3F3N21O11. The molecule has 0 radical (unpaired) electrons. The van der Waals surface area contributed by atoms with E-state index < -0.39 is 17.5 Å². The van der Waals surface area contributed by atoms with Crippen LogP contribution in [0.5, 0.6) is 52.9 Å². The fourth-order valence-electron chi connectivity index (χ4n) is 14.1. The Hall–Kier alpha value is -12.8. The highest BCUT2D eigenvalue weighted by Crippen LogP contribution is 2.45. The maximum Gasteiger partial charge on any atom is 0.319 e. The van der Waals surface area contributed by atoms with Gasteiger partial charge in [0.15, 0.2) is 17.2 Å². The largest absolute Gasteiger partial charge is 0.463 e. The maximum absolute atomic E-state index is 14.6. The van der Waals surface area contributed by atoms with E-state index in [9.17, 15) is 27.6 Å². The second kappa shape index (κ2) is 35.3. The fourth-order valence-corrected chi connectivity index (χ4v) is 14.7. The number of fused-ring (bicyclic) bond motifs is 6. The Labute approximate surface area is 684 Å². The topological polar surface area (TPSA) is 347 Å². The van der Waals surface area contributed by atoms with Crippen molar-refractivity contribution in [2.24, 2.45) is 5.92 Å². The number of carbonyl (C=O) groups is 3. The summed E-state index contributed by atoms with van der Waals surface area (Å²) in [6, 6.07) is 19.2. The van der Waals surface area contributed by atoms with Crippen LogP contribution in [0.1, 0.15) is 24.8 Å². The molecule has 38 heteroatoms. The number of benzene rings is 4. The van der Waals surface area contributed by atoms with E-state index in [4.69, 9.17) is 87.6 Å². The Bertz CT molecular complexity index is 5730. The highest BCUT2D eigenvalue weighted by molar-refractivity contribution is 6.34. The quantitative estimate of drug-likeness (QED) is 0.0563. The third-order valence-electron chi connectivity index (χ3n) is 20.3. The molecule has 5 aliphatic heterocycles. The number of amides is 3. The number of halogens is 6. The minimum atomic E-state index is -0.664. The summed E-state index contributed by atoms with van der Waals surface area (Å²) in [6.07, 6.45) is 15.9. The first kappa shape index (κ1) is 79.0. The summed E-state index contributed by atoms with van der Waals surface area (Å²) in [5, 5.41) is 23.0. The van der Waals surface area contributed by atoms with Crippen molar-refractivity contribution in [3.63, 3.8) is 0 Å². The summed E-state index contributed by atoms with van der Waals surface area (Å²) in [5.41, 5.74) is 3.32. The van der Waals surface area contributed by atoms with Gasteiger partial charge in [-0.25, -0.2) is 28.1 Å². The minimum absolute atomic E-state index is 0.0358. The van der Waals surface area contributed by atoms with E-state index in [-0.39, 0.29) is 104 Å². The van der Waals surface area contributed by atoms with Crippen LogP contribution in [0.2, 0.25) is 15.1 Å². The maximum atomic E-state index is 14.6. The summed E-state index contributed by atoms with van der Waals surface area (Å²) < 4.78 is 91.2. The van der Waals surface area contributed by atoms with Crippen LogP contribution >= 0.6 is 34.8 Å². The van der Waals surface area contributed by atoms with Crippen LogP contribution in [0, 0.1) is 23.4 Å². The van der Waals surface area contributed by atoms with Gasteiger partial charge in [-0.15, -0.1) is 0 Å². The van der Waals surface area contributed by atoms with E-state index in [0.717, 1.165) is 24.8 Å². The summed E-state index contributed by atoms with van der Waals surface area (Å²) in [6.45, 7) is 20.0. The second-order valence-corrected chi connectivity index (χ2v) is 28.8. The second-order valence-electron chi connectivity index (χ2n) is 27.6. The summed E-state index contributed by atoms with van der Waals surface area (Å²) in [7, 11) is 0. The third kappa shape index (κ3) is 16.9. The molecule has 13 aromatic rings. The van der Waals surface area contributed by atoms with Gasteiger partial charge in [0.1, 0.15) is 79.7 Å². The number of hydrogen-bond acceptors (Lipinski definition) is 26. The molecule has 9 aromatic heterocycles. The molecule has 0 spiro atoms. The molecule has 5 saturated heterocycles. The SMILES string of the molecule is C=CC(=O)N1CCN(c2nc(OC[C@@H]3CCOC3)nc3c(Oc4c(Cl)c(F)cc5[nH]ncc45)nccc23)CC1.C=CC(=O)N1CCN(c2nc(OC[C@H]3CCCO3)nc3c(Oc4c(Cl)c(F)cc5[nH]ncc45)nccc23)CC1.C=CC(=O)N1CCN(c2nc(OCc3ccccc3)nc3c(Oc4c(Cl)c(F)cc5[nH]ncc45)nccc23)CC1. The molecule has 3 N–H and O–H groups in total. The average molecular weight is 1670 g/mol. The number of hydrogen-bond donors (Lipinski definition) is 3. The number of aromatic amines is 3. The summed E-state index contributed by atoms with van der Waals surface area (Å²) in [4.78, 5) is 89.0. The fraction of sp³-hybridized carbons (Fsp3) is 0.287. The molecule has 118 heavy (non-hydrogen) atoms. The van der Waals surface area contributed by atoms with Crippen LogP contribution in [0.25, 0.3) is 65.4 Å². The number of carbonyl (C=O) groups excluding carboxylic acids is 3. The highest BCUT2D eigenvalue weighted by Gasteiger charge is 2.32. The van der Waals surface area contributed by atoms with Crippen LogP contribution in [0.15, 0.2) is 142 Å². The van der Waals surface area contributed by atoms with E-state index in [1.807, 2.05) is 30.3 Å². The average Bonchev–Trinajstić information content (AvgIpc) is 1.15. The Morgan fingerprint density at radius 3 is 1.21 bits per heavy atom. The molecule has 0 aliphatic carbocycles. The molecule has 0 bridgehead atoms. The van der Waals surface area contributed by atoms with Gasteiger partial charge < -0.3 is 67.3 Å². The van der Waals surface area contributed by atoms with E-state index in [1.54, 1.807) is 51.5 Å². The third-order valence-corrected chi connectivity index (χ3v) is 21.4. The Morgan fingerprint density at radius 2 is 0.856 bits per heavy atom. The van der Waals surface area contributed by atoms with Crippen molar-refractivity contribution < 1.29 is 65.4 Å². The molecule has 606 valence electrons. The van der Waals surface area contributed by atoms with Crippen molar-refractivity contribution in [2.45, 2.75) is 32.0 Å². The van der Waals surface area contributed by atoms with Gasteiger partial charge in [0.25, 0.3) is 0 Å². The van der Waals surface area contributed by atoms with Crippen molar-refractivity contribution >= 4 is 135 Å². The van der Waals surface area contributed by atoms with E-state index in [1.165, 1.54) is 55.0 Å². The number of ether oxygens (including phenoxy) is 8.